The third kappa shape index (κ3) is 5.85. The van der Waals surface area contributed by atoms with Crippen LogP contribution in [0.5, 0.6) is 0 Å². The van der Waals surface area contributed by atoms with Crippen molar-refractivity contribution in [2.24, 2.45) is 5.73 Å². The standard InChI is InChI=1S/C21H26N4O4/c22-19-12-17(24-25-19)20(27)23-16(11-18(26)21(28)29)10-13-6-8-15(9-7-13)14-4-2-1-3-5-14/h1-9,16-19,24-26H,10-12,22H2,(H,23,27)(H,28,29)/t16?,17?,18-,19?/m1/s1. The van der Waals surface area contributed by atoms with Gasteiger partial charge in [0.1, 0.15) is 6.04 Å². The quantitative estimate of drug-likeness (QED) is 0.378. The number of aliphatic carboxylic acids is 1. The molecule has 0 spiro atoms. The van der Waals surface area contributed by atoms with Gasteiger partial charge in [-0.05, 0) is 23.1 Å². The molecule has 154 valence electrons. The Bertz CT molecular complexity index is 828. The third-order valence-corrected chi connectivity index (χ3v) is 4.93. The lowest BCUT2D eigenvalue weighted by molar-refractivity contribution is -0.147. The van der Waals surface area contributed by atoms with E-state index in [9.17, 15) is 14.7 Å². The Kier molecular flexibility index (Phi) is 6.95. The average molecular weight is 398 g/mol. The van der Waals surface area contributed by atoms with E-state index in [1.54, 1.807) is 0 Å². The third-order valence-electron chi connectivity index (χ3n) is 4.93. The van der Waals surface area contributed by atoms with E-state index < -0.39 is 24.2 Å². The van der Waals surface area contributed by atoms with Crippen molar-refractivity contribution >= 4 is 11.9 Å². The Labute approximate surface area is 169 Å². The number of benzene rings is 2. The maximum Gasteiger partial charge on any atom is 0.332 e. The van der Waals surface area contributed by atoms with Gasteiger partial charge in [-0.25, -0.2) is 15.6 Å². The van der Waals surface area contributed by atoms with Gasteiger partial charge in [0, 0.05) is 18.9 Å². The number of hydrazine groups is 1. The molecular weight excluding hydrogens is 372 g/mol. The van der Waals surface area contributed by atoms with Gasteiger partial charge in [-0.15, -0.1) is 0 Å². The highest BCUT2D eigenvalue weighted by molar-refractivity contribution is 5.82. The van der Waals surface area contributed by atoms with Gasteiger partial charge in [0.2, 0.25) is 5.91 Å². The molecule has 3 unspecified atom stereocenters. The van der Waals surface area contributed by atoms with Gasteiger partial charge in [-0.2, -0.15) is 0 Å². The van der Waals surface area contributed by atoms with Crippen molar-refractivity contribution in [2.45, 2.75) is 43.6 Å². The van der Waals surface area contributed by atoms with E-state index in [0.717, 1.165) is 16.7 Å². The summed E-state index contributed by atoms with van der Waals surface area (Å²) in [7, 11) is 0. The largest absolute Gasteiger partial charge is 0.479 e. The first-order chi connectivity index (χ1) is 13.9. The summed E-state index contributed by atoms with van der Waals surface area (Å²) >= 11 is 0. The second-order valence-corrected chi connectivity index (χ2v) is 7.25. The molecule has 3 rings (SSSR count). The minimum Gasteiger partial charge on any atom is -0.479 e. The predicted molar refractivity (Wildman–Crippen MR) is 108 cm³/mol. The van der Waals surface area contributed by atoms with E-state index in [-0.39, 0.29) is 18.5 Å². The summed E-state index contributed by atoms with van der Waals surface area (Å²) in [4.78, 5) is 23.6. The highest BCUT2D eigenvalue weighted by Crippen LogP contribution is 2.20. The normalized spacial score (nSPS) is 20.8. The van der Waals surface area contributed by atoms with Crippen molar-refractivity contribution in [3.8, 4) is 11.1 Å². The first-order valence-electron chi connectivity index (χ1n) is 9.54. The van der Waals surface area contributed by atoms with Crippen molar-refractivity contribution in [1.82, 2.24) is 16.2 Å². The first kappa shape index (κ1) is 20.9. The second-order valence-electron chi connectivity index (χ2n) is 7.25. The van der Waals surface area contributed by atoms with Gasteiger partial charge in [0.15, 0.2) is 6.10 Å². The van der Waals surface area contributed by atoms with Crippen molar-refractivity contribution in [2.75, 3.05) is 0 Å². The molecule has 0 saturated carbocycles. The Balaban J connectivity index is 1.68. The van der Waals surface area contributed by atoms with Crippen LogP contribution in [0, 0.1) is 0 Å². The summed E-state index contributed by atoms with van der Waals surface area (Å²) < 4.78 is 0. The van der Waals surface area contributed by atoms with Crippen LogP contribution < -0.4 is 21.9 Å². The summed E-state index contributed by atoms with van der Waals surface area (Å²) in [6.07, 6.45) is -1.14. The molecule has 1 amide bonds. The van der Waals surface area contributed by atoms with Crippen LogP contribution in [-0.4, -0.2) is 46.4 Å². The molecule has 1 aliphatic rings. The Morgan fingerprint density at radius 3 is 2.31 bits per heavy atom. The molecule has 1 heterocycles. The van der Waals surface area contributed by atoms with Crippen LogP contribution in [0.4, 0.5) is 0 Å². The minimum atomic E-state index is -1.55. The molecule has 0 radical (unpaired) electrons. The van der Waals surface area contributed by atoms with Crippen molar-refractivity contribution in [1.29, 1.82) is 0 Å². The fraction of sp³-hybridized carbons (Fsp3) is 0.333. The van der Waals surface area contributed by atoms with E-state index >= 15 is 0 Å². The van der Waals surface area contributed by atoms with Gasteiger partial charge >= 0.3 is 5.97 Å². The van der Waals surface area contributed by atoms with Gasteiger partial charge in [-0.3, -0.25) is 4.79 Å². The van der Waals surface area contributed by atoms with E-state index in [0.29, 0.717) is 12.8 Å². The molecule has 7 N–H and O–H groups in total. The number of hydrogen-bond acceptors (Lipinski definition) is 6. The predicted octanol–water partition coefficient (Wildman–Crippen LogP) is 0.368. The fourth-order valence-corrected chi connectivity index (χ4v) is 3.37. The van der Waals surface area contributed by atoms with E-state index in [1.807, 2.05) is 54.6 Å². The maximum absolute atomic E-state index is 12.5. The first-order valence-corrected chi connectivity index (χ1v) is 9.54. The molecule has 8 heteroatoms. The molecule has 8 nitrogen and oxygen atoms in total. The van der Waals surface area contributed by atoms with Crippen molar-refractivity contribution in [3.63, 3.8) is 0 Å². The summed E-state index contributed by atoms with van der Waals surface area (Å²) in [6, 6.07) is 16.8. The Morgan fingerprint density at radius 1 is 1.07 bits per heavy atom. The molecule has 4 atom stereocenters. The lowest BCUT2D eigenvalue weighted by Gasteiger charge is -2.22. The lowest BCUT2D eigenvalue weighted by atomic mass is 9.97. The number of carbonyl (C=O) groups is 2. The van der Waals surface area contributed by atoms with Gasteiger partial charge in [0.05, 0.1) is 6.17 Å². The van der Waals surface area contributed by atoms with Crippen LogP contribution >= 0.6 is 0 Å². The smallest absolute Gasteiger partial charge is 0.332 e. The minimum absolute atomic E-state index is 0.0896. The summed E-state index contributed by atoms with van der Waals surface area (Å²) in [6.45, 7) is 0. The number of nitrogens with two attached hydrogens (primary N) is 1. The molecule has 1 saturated heterocycles. The summed E-state index contributed by atoms with van der Waals surface area (Å²) in [5.74, 6) is -1.60. The number of hydrogen-bond donors (Lipinski definition) is 6. The zero-order valence-corrected chi connectivity index (χ0v) is 15.9. The number of nitrogens with one attached hydrogen (secondary N) is 3. The number of carboxylic acid groups (broad SMARTS) is 1. The van der Waals surface area contributed by atoms with Crippen LogP contribution in [-0.2, 0) is 16.0 Å². The molecular formula is C21H26N4O4. The van der Waals surface area contributed by atoms with Crippen LogP contribution in [0.1, 0.15) is 18.4 Å². The molecule has 0 aromatic heterocycles. The number of carboxylic acids is 1. The van der Waals surface area contributed by atoms with E-state index in [1.165, 1.54) is 0 Å². The Morgan fingerprint density at radius 2 is 1.72 bits per heavy atom. The monoisotopic (exact) mass is 398 g/mol. The highest BCUT2D eigenvalue weighted by Gasteiger charge is 2.29. The molecule has 29 heavy (non-hydrogen) atoms. The van der Waals surface area contributed by atoms with Crippen LogP contribution in [0.3, 0.4) is 0 Å². The van der Waals surface area contributed by atoms with Crippen molar-refractivity contribution in [3.05, 3.63) is 60.2 Å². The number of amides is 1. The SMILES string of the molecule is NC1CC(C(=O)NC(Cc2ccc(-c3ccccc3)cc2)C[C@@H](O)C(=O)O)NN1. The molecule has 2 aromatic rings. The number of aliphatic hydroxyl groups excluding tert-OH is 1. The van der Waals surface area contributed by atoms with Crippen LogP contribution in [0.15, 0.2) is 54.6 Å². The van der Waals surface area contributed by atoms with Gasteiger partial charge in [-0.1, -0.05) is 54.6 Å². The zero-order valence-electron chi connectivity index (χ0n) is 15.9. The topological polar surface area (TPSA) is 137 Å². The number of carbonyl (C=O) groups excluding carboxylic acids is 1. The van der Waals surface area contributed by atoms with Gasteiger partial charge in [0.25, 0.3) is 0 Å². The van der Waals surface area contributed by atoms with Crippen LogP contribution in [0.25, 0.3) is 11.1 Å². The lowest BCUT2D eigenvalue weighted by Crippen LogP contribution is -2.49. The number of rotatable bonds is 8. The van der Waals surface area contributed by atoms with E-state index in [2.05, 4.69) is 16.2 Å². The van der Waals surface area contributed by atoms with Crippen molar-refractivity contribution < 1.29 is 19.8 Å². The molecule has 1 aliphatic heterocycles. The Hall–Kier alpha value is -2.78. The highest BCUT2D eigenvalue weighted by atomic mass is 16.4. The summed E-state index contributed by atoms with van der Waals surface area (Å²) in [5, 5.41) is 21.7. The fourth-order valence-electron chi connectivity index (χ4n) is 3.37. The van der Waals surface area contributed by atoms with E-state index in [4.69, 9.17) is 10.8 Å². The van der Waals surface area contributed by atoms with Crippen LogP contribution in [0.2, 0.25) is 0 Å². The molecule has 2 aromatic carbocycles. The number of aliphatic hydroxyl groups is 1. The summed E-state index contributed by atoms with van der Waals surface area (Å²) in [5.41, 5.74) is 14.4. The molecule has 0 aliphatic carbocycles. The molecule has 1 fully saturated rings. The zero-order chi connectivity index (χ0) is 20.8. The molecule has 0 bridgehead atoms. The maximum atomic E-state index is 12.5. The van der Waals surface area contributed by atoms with Gasteiger partial charge < -0.3 is 21.3 Å². The average Bonchev–Trinajstić information content (AvgIpc) is 3.15. The second kappa shape index (κ2) is 9.62.